The number of hydrogen-bond acceptors (Lipinski definition) is 5. The lowest BCUT2D eigenvalue weighted by Crippen LogP contribution is -2.12. The van der Waals surface area contributed by atoms with Crippen molar-refractivity contribution in [2.24, 2.45) is 0 Å². The van der Waals surface area contributed by atoms with Gasteiger partial charge in [-0.15, -0.1) is 0 Å². The van der Waals surface area contributed by atoms with Gasteiger partial charge in [0.25, 0.3) is 0 Å². The first kappa shape index (κ1) is 23.1. The highest BCUT2D eigenvalue weighted by Gasteiger charge is 2.21. The van der Waals surface area contributed by atoms with Crippen molar-refractivity contribution < 1.29 is 15.0 Å². The predicted molar refractivity (Wildman–Crippen MR) is 121 cm³/mol. The summed E-state index contributed by atoms with van der Waals surface area (Å²) in [5.74, 6) is 0.0911. The molecule has 7 heteroatoms. The Morgan fingerprint density at radius 2 is 1.97 bits per heavy atom. The molecule has 0 bridgehead atoms. The average molecular weight is 442 g/mol. The lowest BCUT2D eigenvalue weighted by molar-refractivity contribution is -0.118. The Morgan fingerprint density at radius 1 is 1.19 bits per heavy atom. The van der Waals surface area contributed by atoms with E-state index in [1.807, 2.05) is 28.9 Å². The number of hydrogen-bond donors (Lipinski definition) is 2. The maximum atomic E-state index is 12.6. The van der Waals surface area contributed by atoms with Crippen molar-refractivity contribution >= 4 is 17.4 Å². The van der Waals surface area contributed by atoms with E-state index in [-0.39, 0.29) is 24.2 Å². The predicted octanol–water partition coefficient (Wildman–Crippen LogP) is 3.99. The smallest absolute Gasteiger partial charge is 0.137 e. The van der Waals surface area contributed by atoms with E-state index < -0.39 is 6.10 Å². The molecule has 0 aliphatic rings. The highest BCUT2D eigenvalue weighted by Crippen LogP contribution is 2.25. The average Bonchev–Trinajstić information content (AvgIpc) is 3.17. The quantitative estimate of drug-likeness (QED) is 0.551. The number of ketones is 1. The lowest BCUT2D eigenvalue weighted by Gasteiger charge is -2.14. The van der Waals surface area contributed by atoms with Gasteiger partial charge >= 0.3 is 0 Å². The number of carbonyl (C=O) groups excluding carboxylic acids is 1. The van der Waals surface area contributed by atoms with Gasteiger partial charge in [0.1, 0.15) is 11.9 Å². The second-order valence-electron chi connectivity index (χ2n) is 8.67. The molecule has 164 valence electrons. The number of aliphatic hydroxyl groups excluding tert-OH is 2. The van der Waals surface area contributed by atoms with Crippen LogP contribution >= 0.6 is 11.6 Å². The summed E-state index contributed by atoms with van der Waals surface area (Å²) in [6.45, 7) is 5.94. The number of aliphatic hydroxyl groups is 2. The van der Waals surface area contributed by atoms with Crippen molar-refractivity contribution in [1.29, 1.82) is 0 Å². The van der Waals surface area contributed by atoms with Crippen LogP contribution in [-0.4, -0.2) is 37.4 Å². The summed E-state index contributed by atoms with van der Waals surface area (Å²) in [6, 6.07) is 13.0. The maximum absolute atomic E-state index is 12.6. The Kier molecular flexibility index (Phi) is 7.26. The normalized spacial score (nSPS) is 12.7. The third-order valence-corrected chi connectivity index (χ3v) is 5.26. The van der Waals surface area contributed by atoms with Gasteiger partial charge in [-0.1, -0.05) is 44.5 Å². The van der Waals surface area contributed by atoms with Crippen LogP contribution in [0.25, 0.3) is 5.69 Å². The van der Waals surface area contributed by atoms with E-state index in [1.54, 1.807) is 18.3 Å². The second kappa shape index (κ2) is 9.73. The molecule has 0 spiro atoms. The van der Waals surface area contributed by atoms with Crippen LogP contribution in [0.3, 0.4) is 0 Å². The molecule has 3 rings (SSSR count). The van der Waals surface area contributed by atoms with Crippen molar-refractivity contribution in [1.82, 2.24) is 14.8 Å². The molecular weight excluding hydrogens is 414 g/mol. The molecule has 2 N–H and O–H groups in total. The lowest BCUT2D eigenvalue weighted by atomic mass is 9.92. The van der Waals surface area contributed by atoms with Crippen LogP contribution in [0.1, 0.15) is 55.9 Å². The van der Waals surface area contributed by atoms with Gasteiger partial charge < -0.3 is 10.2 Å². The highest BCUT2D eigenvalue weighted by atomic mass is 35.5. The first-order chi connectivity index (χ1) is 14.7. The fourth-order valence-electron chi connectivity index (χ4n) is 3.21. The zero-order valence-electron chi connectivity index (χ0n) is 18.0. The molecular formula is C24H28ClN3O3. The van der Waals surface area contributed by atoms with E-state index in [1.165, 1.54) is 0 Å². The molecule has 31 heavy (non-hydrogen) atoms. The Bertz CT molecular complexity index is 1040. The zero-order valence-corrected chi connectivity index (χ0v) is 18.8. The third kappa shape index (κ3) is 6.00. The minimum atomic E-state index is -1.01. The third-order valence-electron chi connectivity index (χ3n) is 5.03. The van der Waals surface area contributed by atoms with Crippen LogP contribution in [0, 0.1) is 0 Å². The van der Waals surface area contributed by atoms with Gasteiger partial charge in [0, 0.05) is 35.2 Å². The molecule has 0 radical (unpaired) electrons. The van der Waals surface area contributed by atoms with Crippen molar-refractivity contribution in [3.8, 4) is 5.69 Å². The summed E-state index contributed by atoms with van der Waals surface area (Å²) in [5.41, 5.74) is 3.83. The summed E-state index contributed by atoms with van der Waals surface area (Å²) in [4.78, 5) is 16.7. The summed E-state index contributed by atoms with van der Waals surface area (Å²) >= 11 is 6.17. The van der Waals surface area contributed by atoms with Crippen molar-refractivity contribution in [3.63, 3.8) is 0 Å². The Morgan fingerprint density at radius 3 is 2.58 bits per heavy atom. The van der Waals surface area contributed by atoms with Gasteiger partial charge in [0.15, 0.2) is 0 Å². The van der Waals surface area contributed by atoms with Crippen LogP contribution in [0.2, 0.25) is 5.02 Å². The van der Waals surface area contributed by atoms with E-state index in [2.05, 4.69) is 31.8 Å². The van der Waals surface area contributed by atoms with Gasteiger partial charge in [-0.2, -0.15) is 5.10 Å². The number of benzene rings is 1. The molecule has 2 aromatic heterocycles. The first-order valence-electron chi connectivity index (χ1n) is 10.3. The van der Waals surface area contributed by atoms with Crippen LogP contribution in [0.5, 0.6) is 0 Å². The van der Waals surface area contributed by atoms with Crippen molar-refractivity contribution in [3.05, 3.63) is 76.3 Å². The number of aromatic nitrogens is 3. The molecule has 1 unspecified atom stereocenters. The summed E-state index contributed by atoms with van der Waals surface area (Å²) < 4.78 is 1.87. The minimum absolute atomic E-state index is 0.0911. The Labute approximate surface area is 187 Å². The summed E-state index contributed by atoms with van der Waals surface area (Å²) in [7, 11) is 0. The van der Waals surface area contributed by atoms with Gasteiger partial charge in [-0.25, -0.2) is 4.68 Å². The van der Waals surface area contributed by atoms with Crippen LogP contribution in [0.4, 0.5) is 0 Å². The number of rotatable bonds is 8. The van der Waals surface area contributed by atoms with E-state index in [0.29, 0.717) is 23.6 Å². The molecule has 0 aliphatic carbocycles. The monoisotopic (exact) mass is 441 g/mol. The maximum Gasteiger partial charge on any atom is 0.137 e. The molecule has 0 fully saturated rings. The summed E-state index contributed by atoms with van der Waals surface area (Å²) in [6.07, 6.45) is 1.76. The van der Waals surface area contributed by atoms with Crippen molar-refractivity contribution in [2.75, 3.05) is 6.61 Å². The largest absolute Gasteiger partial charge is 0.393 e. The number of carbonyl (C=O) groups is 1. The molecule has 2 heterocycles. The molecule has 0 saturated carbocycles. The number of aryl methyl sites for hydroxylation is 1. The van der Waals surface area contributed by atoms with E-state index in [4.69, 9.17) is 21.8 Å². The van der Waals surface area contributed by atoms with Crippen molar-refractivity contribution in [2.45, 2.75) is 51.6 Å². The second-order valence-corrected chi connectivity index (χ2v) is 9.10. The van der Waals surface area contributed by atoms with Gasteiger partial charge in [0.2, 0.25) is 0 Å². The van der Waals surface area contributed by atoms with E-state index in [0.717, 1.165) is 22.6 Å². The van der Waals surface area contributed by atoms with Crippen LogP contribution < -0.4 is 0 Å². The topological polar surface area (TPSA) is 88.2 Å². The molecule has 6 nitrogen and oxygen atoms in total. The first-order valence-corrected chi connectivity index (χ1v) is 10.7. The standard InChI is InChI=1S/C24H28ClN3O3/c1-24(2,3)23-13-19(28(27-23)18-6-4-5-17(25)12-18)8-9-20(30)11-16-7-10-21(26-14-16)22(31)15-29/h4-7,10,12-14,22,29,31H,8-9,11,15H2,1-3H3. The van der Waals surface area contributed by atoms with Crippen LogP contribution in [-0.2, 0) is 23.1 Å². The molecule has 1 aromatic carbocycles. The molecule has 3 aromatic rings. The van der Waals surface area contributed by atoms with E-state index >= 15 is 0 Å². The number of Topliss-reactive ketones (excluding diaryl/α,β-unsaturated/α-hetero) is 1. The molecule has 0 saturated heterocycles. The number of halogens is 1. The molecule has 1 atom stereocenters. The fourth-order valence-corrected chi connectivity index (χ4v) is 3.40. The van der Waals surface area contributed by atoms with Gasteiger partial charge in [0.05, 0.1) is 23.7 Å². The zero-order chi connectivity index (χ0) is 22.6. The van der Waals surface area contributed by atoms with Gasteiger partial charge in [-0.05, 0) is 42.3 Å². The Balaban J connectivity index is 1.73. The number of nitrogens with zero attached hydrogens (tertiary/aromatic N) is 3. The summed E-state index contributed by atoms with van der Waals surface area (Å²) in [5, 5.41) is 24.0. The molecule has 0 amide bonds. The number of pyridine rings is 1. The Hall–Kier alpha value is -2.54. The van der Waals surface area contributed by atoms with E-state index in [9.17, 15) is 9.90 Å². The SMILES string of the molecule is CC(C)(C)c1cc(CCC(=O)Cc2ccc(C(O)CO)nc2)n(-c2cccc(Cl)c2)n1. The van der Waals surface area contributed by atoms with Crippen LogP contribution in [0.15, 0.2) is 48.7 Å². The molecule has 0 aliphatic heterocycles. The minimum Gasteiger partial charge on any atom is -0.393 e. The highest BCUT2D eigenvalue weighted by molar-refractivity contribution is 6.30. The fraction of sp³-hybridized carbons (Fsp3) is 0.375. The van der Waals surface area contributed by atoms with Gasteiger partial charge in [-0.3, -0.25) is 9.78 Å².